The molecule has 2 aliphatic rings. The zero-order chi connectivity index (χ0) is 21.3. The highest BCUT2D eigenvalue weighted by Crippen LogP contribution is 2.36. The third-order valence-electron chi connectivity index (χ3n) is 6.24. The second kappa shape index (κ2) is 8.61. The van der Waals surface area contributed by atoms with Gasteiger partial charge in [-0.2, -0.15) is 13.2 Å². The maximum Gasteiger partial charge on any atom is 0.416 e. The van der Waals surface area contributed by atoms with Crippen LogP contribution in [0.15, 0.2) is 36.5 Å². The van der Waals surface area contributed by atoms with Gasteiger partial charge >= 0.3 is 6.18 Å². The maximum atomic E-state index is 13.0. The van der Waals surface area contributed by atoms with Crippen molar-refractivity contribution >= 4 is 0 Å². The average molecular weight is 421 g/mol. The topological polar surface area (TPSA) is 78.3 Å². The first-order chi connectivity index (χ1) is 14.3. The number of halogens is 3. The minimum absolute atomic E-state index is 0.00647. The van der Waals surface area contributed by atoms with Crippen LogP contribution in [0, 0.1) is 17.8 Å². The van der Waals surface area contributed by atoms with Gasteiger partial charge in [0.1, 0.15) is 0 Å². The van der Waals surface area contributed by atoms with Crippen LogP contribution in [0.25, 0.3) is 11.4 Å². The Morgan fingerprint density at radius 1 is 1.13 bits per heavy atom. The fourth-order valence-corrected chi connectivity index (χ4v) is 4.34. The number of aromatic nitrogens is 2. The molecule has 1 heterocycles. The zero-order valence-corrected chi connectivity index (χ0v) is 16.5. The molecule has 4 atom stereocenters. The molecule has 0 aliphatic heterocycles. The minimum atomic E-state index is -4.43. The number of hydrogen-bond donors (Lipinski definition) is 3. The van der Waals surface area contributed by atoms with Crippen molar-refractivity contribution in [1.29, 1.82) is 0 Å². The Kier molecular flexibility index (Phi) is 6.09. The maximum absolute atomic E-state index is 13.0. The van der Waals surface area contributed by atoms with Crippen LogP contribution < -0.4 is 5.32 Å². The third kappa shape index (κ3) is 4.82. The molecule has 0 spiro atoms. The SMILES string of the molecule is OC[C@@H]1[C@@H](Cc2ccnc(-c3cccc(C(F)(F)F)c3)n2)[C@H](NCC2CC2)C[C@H]1O. The van der Waals surface area contributed by atoms with Gasteiger partial charge in [-0.25, -0.2) is 9.97 Å². The predicted octanol–water partition coefficient (Wildman–Crippen LogP) is 3.06. The molecule has 0 bridgehead atoms. The lowest BCUT2D eigenvalue weighted by Crippen LogP contribution is -2.37. The predicted molar refractivity (Wildman–Crippen MR) is 105 cm³/mol. The second-order valence-corrected chi connectivity index (χ2v) is 8.43. The third-order valence-corrected chi connectivity index (χ3v) is 6.24. The summed E-state index contributed by atoms with van der Waals surface area (Å²) >= 11 is 0. The van der Waals surface area contributed by atoms with Gasteiger partial charge in [0.2, 0.25) is 0 Å². The molecular weight excluding hydrogens is 395 g/mol. The Hall–Kier alpha value is -2.03. The zero-order valence-electron chi connectivity index (χ0n) is 16.5. The molecule has 0 saturated heterocycles. The lowest BCUT2D eigenvalue weighted by atomic mass is 9.88. The quantitative estimate of drug-likeness (QED) is 0.641. The molecule has 2 aliphatic carbocycles. The van der Waals surface area contributed by atoms with E-state index in [1.165, 1.54) is 18.9 Å². The van der Waals surface area contributed by atoms with Crippen LogP contribution in [0.3, 0.4) is 0 Å². The number of aliphatic hydroxyl groups excluding tert-OH is 2. The Labute approximate surface area is 173 Å². The van der Waals surface area contributed by atoms with Crippen LogP contribution in [-0.2, 0) is 12.6 Å². The van der Waals surface area contributed by atoms with Gasteiger partial charge in [-0.3, -0.25) is 0 Å². The van der Waals surface area contributed by atoms with Crippen LogP contribution in [-0.4, -0.2) is 45.5 Å². The summed E-state index contributed by atoms with van der Waals surface area (Å²) in [5, 5.41) is 23.7. The minimum Gasteiger partial charge on any atom is -0.396 e. The molecular formula is C22H26F3N3O2. The molecule has 8 heteroatoms. The molecule has 30 heavy (non-hydrogen) atoms. The second-order valence-electron chi connectivity index (χ2n) is 8.43. The largest absolute Gasteiger partial charge is 0.416 e. The van der Waals surface area contributed by atoms with Crippen molar-refractivity contribution in [3.8, 4) is 11.4 Å². The summed E-state index contributed by atoms with van der Waals surface area (Å²) in [5.41, 5.74) is 0.256. The van der Waals surface area contributed by atoms with Crippen LogP contribution in [0.5, 0.6) is 0 Å². The summed E-state index contributed by atoms with van der Waals surface area (Å²) in [6.07, 6.45) is 0.0756. The fourth-order valence-electron chi connectivity index (χ4n) is 4.34. The first-order valence-corrected chi connectivity index (χ1v) is 10.4. The number of rotatable bonds is 7. The summed E-state index contributed by atoms with van der Waals surface area (Å²) in [5.74, 6) is 0.671. The molecule has 5 nitrogen and oxygen atoms in total. The highest BCUT2D eigenvalue weighted by Gasteiger charge is 2.42. The van der Waals surface area contributed by atoms with Gasteiger partial charge in [0.05, 0.1) is 11.7 Å². The van der Waals surface area contributed by atoms with Gasteiger partial charge in [0.25, 0.3) is 0 Å². The Morgan fingerprint density at radius 3 is 2.63 bits per heavy atom. The molecule has 2 fully saturated rings. The highest BCUT2D eigenvalue weighted by atomic mass is 19.4. The Morgan fingerprint density at radius 2 is 1.93 bits per heavy atom. The van der Waals surface area contributed by atoms with E-state index in [1.807, 2.05) is 0 Å². The molecule has 1 aromatic heterocycles. The van der Waals surface area contributed by atoms with Crippen LogP contribution >= 0.6 is 0 Å². The molecule has 2 saturated carbocycles. The number of nitrogens with one attached hydrogen (secondary N) is 1. The molecule has 3 N–H and O–H groups in total. The van der Waals surface area contributed by atoms with Gasteiger partial charge in [-0.05, 0) is 62.3 Å². The van der Waals surface area contributed by atoms with Gasteiger partial charge in [-0.1, -0.05) is 12.1 Å². The highest BCUT2D eigenvalue weighted by molar-refractivity contribution is 5.56. The smallest absolute Gasteiger partial charge is 0.396 e. The van der Waals surface area contributed by atoms with E-state index in [-0.39, 0.29) is 30.3 Å². The van der Waals surface area contributed by atoms with Crippen molar-refractivity contribution in [3.63, 3.8) is 0 Å². The van der Waals surface area contributed by atoms with Gasteiger partial charge in [0.15, 0.2) is 5.82 Å². The van der Waals surface area contributed by atoms with E-state index < -0.39 is 17.8 Å². The molecule has 0 radical (unpaired) electrons. The van der Waals surface area contributed by atoms with Crippen LogP contribution in [0.1, 0.15) is 30.5 Å². The molecule has 0 amide bonds. The van der Waals surface area contributed by atoms with E-state index in [4.69, 9.17) is 0 Å². The van der Waals surface area contributed by atoms with Crippen molar-refractivity contribution in [2.75, 3.05) is 13.2 Å². The van der Waals surface area contributed by atoms with E-state index in [1.54, 1.807) is 18.3 Å². The summed E-state index contributed by atoms with van der Waals surface area (Å²) in [6.45, 7) is 0.796. The summed E-state index contributed by atoms with van der Waals surface area (Å²) in [7, 11) is 0. The Bertz CT molecular complexity index is 873. The number of benzene rings is 1. The normalized spacial score (nSPS) is 26.8. The standard InChI is InChI=1S/C22H26F3N3O2/c23-22(24,25)15-3-1-2-14(8-15)21-26-7-6-16(28-21)9-17-18(12-29)20(30)10-19(17)27-11-13-4-5-13/h1-3,6-8,13,17-20,27,29-30H,4-5,9-12H2/t17-,18-,19-,20-/m1/s1. The van der Waals surface area contributed by atoms with Crippen molar-refractivity contribution in [1.82, 2.24) is 15.3 Å². The summed E-state index contributed by atoms with van der Waals surface area (Å²) in [4.78, 5) is 8.65. The van der Waals surface area contributed by atoms with Gasteiger partial charge < -0.3 is 15.5 Å². The van der Waals surface area contributed by atoms with Crippen molar-refractivity contribution < 1.29 is 23.4 Å². The summed E-state index contributed by atoms with van der Waals surface area (Å²) in [6, 6.07) is 6.80. The molecule has 2 aromatic rings. The van der Waals surface area contributed by atoms with Crippen LogP contribution in [0.2, 0.25) is 0 Å². The van der Waals surface area contributed by atoms with Crippen molar-refractivity contribution in [3.05, 3.63) is 47.8 Å². The molecule has 4 rings (SSSR count). The number of nitrogens with zero attached hydrogens (tertiary/aromatic N) is 2. The number of aliphatic hydroxyl groups is 2. The molecule has 162 valence electrons. The van der Waals surface area contributed by atoms with Gasteiger partial charge in [0, 0.05) is 36.0 Å². The van der Waals surface area contributed by atoms with Crippen molar-refractivity contribution in [2.45, 2.75) is 44.0 Å². The lowest BCUT2D eigenvalue weighted by Gasteiger charge is -2.25. The van der Waals surface area contributed by atoms with E-state index in [2.05, 4.69) is 15.3 Å². The van der Waals surface area contributed by atoms with E-state index in [0.29, 0.717) is 30.0 Å². The fraction of sp³-hybridized carbons (Fsp3) is 0.545. The summed E-state index contributed by atoms with van der Waals surface area (Å²) < 4.78 is 39.1. The van der Waals surface area contributed by atoms with Gasteiger partial charge in [-0.15, -0.1) is 0 Å². The molecule has 1 aromatic carbocycles. The Balaban J connectivity index is 1.54. The van der Waals surface area contributed by atoms with Crippen LogP contribution in [0.4, 0.5) is 13.2 Å². The molecule has 0 unspecified atom stereocenters. The monoisotopic (exact) mass is 421 g/mol. The first-order valence-electron chi connectivity index (χ1n) is 10.4. The first kappa shape index (κ1) is 21.2. The average Bonchev–Trinajstić information content (AvgIpc) is 3.50. The van der Waals surface area contributed by atoms with E-state index >= 15 is 0 Å². The number of alkyl halides is 3. The lowest BCUT2D eigenvalue weighted by molar-refractivity contribution is -0.137. The number of hydrogen-bond acceptors (Lipinski definition) is 5. The van der Waals surface area contributed by atoms with E-state index in [0.717, 1.165) is 18.7 Å². The van der Waals surface area contributed by atoms with E-state index in [9.17, 15) is 23.4 Å². The van der Waals surface area contributed by atoms with Crippen molar-refractivity contribution in [2.24, 2.45) is 17.8 Å².